The molecule has 0 unspecified atom stereocenters. The molecule has 2 aliphatic heterocycles. The van der Waals surface area contributed by atoms with Gasteiger partial charge in [0, 0.05) is 50.8 Å². The Morgan fingerprint density at radius 2 is 1.76 bits per heavy atom. The molecular weight excluding hydrogens is 452 g/mol. The summed E-state index contributed by atoms with van der Waals surface area (Å²) in [7, 11) is 0. The third kappa shape index (κ3) is 5.58. The van der Waals surface area contributed by atoms with Gasteiger partial charge in [0.1, 0.15) is 6.10 Å². The van der Waals surface area contributed by atoms with Gasteiger partial charge in [0.2, 0.25) is 11.8 Å². The van der Waals surface area contributed by atoms with Crippen LogP contribution >= 0.6 is 0 Å². The molecule has 2 aromatic rings. The fourth-order valence-corrected chi connectivity index (χ4v) is 4.26. The fourth-order valence-electron chi connectivity index (χ4n) is 4.26. The van der Waals surface area contributed by atoms with Crippen molar-refractivity contribution in [3.05, 3.63) is 59.3 Å². The highest BCUT2D eigenvalue weighted by Crippen LogP contribution is 2.32. The van der Waals surface area contributed by atoms with Gasteiger partial charge in [-0.2, -0.15) is 26.3 Å². The first kappa shape index (κ1) is 23.3. The number of nitrogens with zero attached hydrogens (tertiary/aromatic N) is 3. The molecule has 11 heteroatoms. The van der Waals surface area contributed by atoms with Gasteiger partial charge in [-0.05, 0) is 17.7 Å². The summed E-state index contributed by atoms with van der Waals surface area (Å²) in [5.41, 5.74) is -1.09. The topological polar surface area (TPSA) is 45.7 Å². The number of fused-ring (bicyclic) bond motifs is 1. The molecule has 0 aliphatic carbocycles. The van der Waals surface area contributed by atoms with Crippen molar-refractivity contribution in [1.82, 2.24) is 14.8 Å². The predicted octanol–water partition coefficient (Wildman–Crippen LogP) is 4.37. The molecule has 2 aliphatic rings. The molecular formula is C22H21F6N3O2. The van der Waals surface area contributed by atoms with Crippen molar-refractivity contribution >= 4 is 5.91 Å². The number of benzene rings is 1. The van der Waals surface area contributed by atoms with Crippen LogP contribution in [0, 0.1) is 0 Å². The van der Waals surface area contributed by atoms with Crippen LogP contribution in [0.1, 0.15) is 29.5 Å². The first-order valence-corrected chi connectivity index (χ1v) is 10.4. The molecule has 4 rings (SSSR count). The van der Waals surface area contributed by atoms with E-state index in [0.29, 0.717) is 31.3 Å². The molecule has 3 heterocycles. The summed E-state index contributed by atoms with van der Waals surface area (Å²) in [4.78, 5) is 19.9. The van der Waals surface area contributed by atoms with Crippen LogP contribution < -0.4 is 4.74 Å². The highest BCUT2D eigenvalue weighted by molar-refractivity contribution is 5.77. The van der Waals surface area contributed by atoms with E-state index in [1.54, 1.807) is 11.0 Å². The predicted molar refractivity (Wildman–Crippen MR) is 105 cm³/mol. The quantitative estimate of drug-likeness (QED) is 0.619. The van der Waals surface area contributed by atoms with Crippen LogP contribution in [0.5, 0.6) is 5.88 Å². The van der Waals surface area contributed by atoms with E-state index in [2.05, 4.69) is 4.98 Å². The number of hydrogen-bond donors (Lipinski definition) is 0. The number of rotatable bonds is 4. The van der Waals surface area contributed by atoms with E-state index in [-0.39, 0.29) is 37.3 Å². The Morgan fingerprint density at radius 3 is 2.42 bits per heavy atom. The highest BCUT2D eigenvalue weighted by Gasteiger charge is 2.39. The third-order valence-corrected chi connectivity index (χ3v) is 5.82. The number of carbonyl (C=O) groups is 1. The van der Waals surface area contributed by atoms with Crippen molar-refractivity contribution in [2.45, 2.75) is 43.9 Å². The first-order chi connectivity index (χ1) is 15.5. The van der Waals surface area contributed by atoms with Crippen molar-refractivity contribution in [3.8, 4) is 5.88 Å². The fraction of sp³-hybridized carbons (Fsp3) is 0.455. The van der Waals surface area contributed by atoms with Crippen LogP contribution in [-0.4, -0.2) is 52.5 Å². The minimum atomic E-state index is -4.49. The molecule has 1 amide bonds. The molecule has 178 valence electrons. The molecule has 2 saturated heterocycles. The normalized spacial score (nSPS) is 22.2. The second kappa shape index (κ2) is 8.85. The molecule has 33 heavy (non-hydrogen) atoms. The summed E-state index contributed by atoms with van der Waals surface area (Å²) in [5, 5.41) is 0. The van der Waals surface area contributed by atoms with Gasteiger partial charge in [0.15, 0.2) is 0 Å². The molecule has 1 aromatic heterocycles. The summed E-state index contributed by atoms with van der Waals surface area (Å²) in [6.07, 6.45) is -7.98. The average Bonchev–Trinajstić information content (AvgIpc) is 3.07. The monoisotopic (exact) mass is 473 g/mol. The van der Waals surface area contributed by atoms with Gasteiger partial charge in [0.25, 0.3) is 0 Å². The van der Waals surface area contributed by atoms with Gasteiger partial charge >= 0.3 is 12.4 Å². The molecule has 2 fully saturated rings. The molecule has 0 bridgehead atoms. The Morgan fingerprint density at radius 1 is 1.00 bits per heavy atom. The van der Waals surface area contributed by atoms with Crippen LogP contribution in [0.4, 0.5) is 26.3 Å². The van der Waals surface area contributed by atoms with Crippen LogP contribution in [0.2, 0.25) is 0 Å². The van der Waals surface area contributed by atoms with Crippen molar-refractivity contribution < 1.29 is 35.9 Å². The Labute approximate surface area is 185 Å². The van der Waals surface area contributed by atoms with Crippen LogP contribution in [0.15, 0.2) is 42.6 Å². The van der Waals surface area contributed by atoms with Gasteiger partial charge in [-0.15, -0.1) is 0 Å². The number of amides is 1. The molecule has 0 N–H and O–H groups in total. The molecule has 0 spiro atoms. The lowest BCUT2D eigenvalue weighted by atomic mass is 10.1. The van der Waals surface area contributed by atoms with E-state index >= 15 is 0 Å². The third-order valence-electron chi connectivity index (χ3n) is 5.82. The van der Waals surface area contributed by atoms with E-state index in [1.807, 2.05) is 4.90 Å². The van der Waals surface area contributed by atoms with Crippen molar-refractivity contribution in [2.24, 2.45) is 0 Å². The summed E-state index contributed by atoms with van der Waals surface area (Å²) in [5.74, 6) is -0.0445. The SMILES string of the molecule is O=C1CCN(Cc2cccc(C(F)(F)F)c2)C[C@@H]2C[C@@H](Oc3ccc(C(F)(F)F)cn3)CN12. The maximum atomic E-state index is 13.0. The summed E-state index contributed by atoms with van der Waals surface area (Å²) >= 11 is 0. The van der Waals surface area contributed by atoms with Crippen LogP contribution in [-0.2, 0) is 23.7 Å². The lowest BCUT2D eigenvalue weighted by Crippen LogP contribution is -2.38. The molecule has 2 atom stereocenters. The maximum Gasteiger partial charge on any atom is 0.417 e. The van der Waals surface area contributed by atoms with E-state index < -0.39 is 29.6 Å². The number of pyridine rings is 1. The minimum absolute atomic E-state index is 0.0407. The minimum Gasteiger partial charge on any atom is -0.472 e. The Bertz CT molecular complexity index is 993. The van der Waals surface area contributed by atoms with Crippen molar-refractivity contribution in [2.75, 3.05) is 19.6 Å². The number of ether oxygens (including phenoxy) is 1. The molecule has 0 saturated carbocycles. The Hall–Kier alpha value is -2.82. The molecule has 1 aromatic carbocycles. The van der Waals surface area contributed by atoms with Gasteiger partial charge in [0.05, 0.1) is 17.7 Å². The molecule has 5 nitrogen and oxygen atoms in total. The van der Waals surface area contributed by atoms with Gasteiger partial charge < -0.3 is 9.64 Å². The smallest absolute Gasteiger partial charge is 0.417 e. The lowest BCUT2D eigenvalue weighted by molar-refractivity contribution is -0.138. The van der Waals surface area contributed by atoms with Gasteiger partial charge in [-0.3, -0.25) is 9.69 Å². The second-order valence-electron chi connectivity index (χ2n) is 8.24. The summed E-state index contributed by atoms with van der Waals surface area (Å²) < 4.78 is 82.8. The lowest BCUT2D eigenvalue weighted by Gasteiger charge is -2.25. The van der Waals surface area contributed by atoms with Crippen molar-refractivity contribution in [1.29, 1.82) is 0 Å². The van der Waals surface area contributed by atoms with Gasteiger partial charge in [-0.1, -0.05) is 18.2 Å². The van der Waals surface area contributed by atoms with Crippen LogP contribution in [0.25, 0.3) is 0 Å². The summed E-state index contributed by atoms with van der Waals surface area (Å²) in [6, 6.07) is 6.95. The highest BCUT2D eigenvalue weighted by atomic mass is 19.4. The van der Waals surface area contributed by atoms with Crippen LogP contribution in [0.3, 0.4) is 0 Å². The number of alkyl halides is 6. The average molecular weight is 473 g/mol. The number of carbonyl (C=O) groups excluding carboxylic acids is 1. The Balaban J connectivity index is 1.40. The summed E-state index contributed by atoms with van der Waals surface area (Å²) in [6.45, 7) is 1.44. The maximum absolute atomic E-state index is 13.0. The first-order valence-electron chi connectivity index (χ1n) is 10.4. The molecule has 0 radical (unpaired) electrons. The van der Waals surface area contributed by atoms with E-state index in [9.17, 15) is 31.1 Å². The number of hydrogen-bond acceptors (Lipinski definition) is 4. The Kier molecular flexibility index (Phi) is 6.26. The zero-order valence-corrected chi connectivity index (χ0v) is 17.4. The van der Waals surface area contributed by atoms with E-state index in [1.165, 1.54) is 6.07 Å². The number of halogens is 6. The standard InChI is InChI=1S/C22H21F6N3O2/c23-21(24,25)15-3-1-2-14(8-15)11-30-7-6-20(32)31-13-18(9-17(31)12-30)33-19-5-4-16(10-29-19)22(26,27)28/h1-5,8,10,17-18H,6-7,9,11-13H2/t17-,18+/m0/s1. The van der Waals surface area contributed by atoms with E-state index in [0.717, 1.165) is 24.3 Å². The second-order valence-corrected chi connectivity index (χ2v) is 8.24. The van der Waals surface area contributed by atoms with Gasteiger partial charge in [-0.25, -0.2) is 4.98 Å². The zero-order valence-electron chi connectivity index (χ0n) is 17.4. The number of aromatic nitrogens is 1. The zero-order chi connectivity index (χ0) is 23.8. The largest absolute Gasteiger partial charge is 0.472 e. The van der Waals surface area contributed by atoms with E-state index in [4.69, 9.17) is 4.74 Å². The van der Waals surface area contributed by atoms with Crippen molar-refractivity contribution in [3.63, 3.8) is 0 Å².